The largest absolute Gasteiger partial charge is 0.466 e. The summed E-state index contributed by atoms with van der Waals surface area (Å²) in [5.41, 5.74) is 3.61. The van der Waals surface area contributed by atoms with Crippen LogP contribution in [-0.4, -0.2) is 35.5 Å². The third-order valence-electron chi connectivity index (χ3n) is 5.17. The molecule has 1 aromatic carbocycles. The zero-order valence-electron chi connectivity index (χ0n) is 13.3. The fourth-order valence-corrected chi connectivity index (χ4v) is 4.39. The van der Waals surface area contributed by atoms with Gasteiger partial charge in [-0.2, -0.15) is 0 Å². The van der Waals surface area contributed by atoms with E-state index in [9.17, 15) is 4.79 Å². The number of carbonyl (C=O) groups excluding carboxylic acids is 1. The van der Waals surface area contributed by atoms with Crippen molar-refractivity contribution < 1.29 is 9.53 Å². The SMILES string of the molecule is CCOC(=O)[C@@H]1CCCN2CCc3c([nH]c4ccc(Cl)cc34)[C@@H]12. The number of esters is 1. The van der Waals surface area contributed by atoms with Gasteiger partial charge in [-0.1, -0.05) is 11.6 Å². The molecule has 4 rings (SSSR count). The molecule has 4 nitrogen and oxygen atoms in total. The van der Waals surface area contributed by atoms with Crippen LogP contribution in [-0.2, 0) is 16.0 Å². The number of hydrogen-bond acceptors (Lipinski definition) is 3. The number of nitrogens with one attached hydrogen (secondary N) is 1. The molecule has 3 heterocycles. The molecule has 2 aliphatic rings. The second-order valence-corrected chi connectivity index (χ2v) is 6.88. The first kappa shape index (κ1) is 15.0. The molecule has 2 aliphatic heterocycles. The van der Waals surface area contributed by atoms with Crippen LogP contribution in [0.1, 0.15) is 37.1 Å². The minimum Gasteiger partial charge on any atom is -0.466 e. The first-order valence-electron chi connectivity index (χ1n) is 8.39. The Morgan fingerprint density at radius 2 is 2.30 bits per heavy atom. The van der Waals surface area contributed by atoms with Crippen molar-refractivity contribution >= 4 is 28.5 Å². The van der Waals surface area contributed by atoms with Gasteiger partial charge in [0.15, 0.2) is 0 Å². The first-order valence-corrected chi connectivity index (χ1v) is 8.77. The average Bonchev–Trinajstić information content (AvgIpc) is 2.92. The van der Waals surface area contributed by atoms with Crippen LogP contribution < -0.4 is 0 Å². The summed E-state index contributed by atoms with van der Waals surface area (Å²) in [6.07, 6.45) is 2.96. The Morgan fingerprint density at radius 3 is 3.13 bits per heavy atom. The van der Waals surface area contributed by atoms with E-state index in [2.05, 4.69) is 9.88 Å². The normalized spacial score (nSPS) is 24.3. The number of benzene rings is 1. The van der Waals surface area contributed by atoms with Crippen molar-refractivity contribution in [2.75, 3.05) is 19.7 Å². The predicted octanol–water partition coefficient (Wildman–Crippen LogP) is 3.69. The van der Waals surface area contributed by atoms with Crippen LogP contribution in [0.25, 0.3) is 10.9 Å². The minimum atomic E-state index is -0.0775. The third-order valence-corrected chi connectivity index (χ3v) is 5.41. The molecule has 0 saturated carbocycles. The zero-order valence-corrected chi connectivity index (χ0v) is 14.0. The molecule has 0 aliphatic carbocycles. The molecular formula is C18H21ClN2O2. The molecule has 0 radical (unpaired) electrons. The second-order valence-electron chi connectivity index (χ2n) is 6.44. The van der Waals surface area contributed by atoms with Crippen molar-refractivity contribution in [3.8, 4) is 0 Å². The predicted molar refractivity (Wildman–Crippen MR) is 90.7 cm³/mol. The van der Waals surface area contributed by atoms with Crippen molar-refractivity contribution in [3.63, 3.8) is 0 Å². The number of fused-ring (bicyclic) bond motifs is 5. The van der Waals surface area contributed by atoms with E-state index in [1.807, 2.05) is 25.1 Å². The van der Waals surface area contributed by atoms with E-state index < -0.39 is 0 Å². The second kappa shape index (κ2) is 5.84. The number of H-pyrrole nitrogens is 1. The number of hydrogen-bond donors (Lipinski definition) is 1. The van der Waals surface area contributed by atoms with E-state index in [0.717, 1.165) is 42.9 Å². The molecule has 1 saturated heterocycles. The highest BCUT2D eigenvalue weighted by atomic mass is 35.5. The molecule has 1 N–H and O–H groups in total. The summed E-state index contributed by atoms with van der Waals surface area (Å²) in [7, 11) is 0. The number of rotatable bonds is 2. The summed E-state index contributed by atoms with van der Waals surface area (Å²) < 4.78 is 5.34. The van der Waals surface area contributed by atoms with Gasteiger partial charge in [0, 0.05) is 28.2 Å². The van der Waals surface area contributed by atoms with Crippen molar-refractivity contribution in [2.45, 2.75) is 32.2 Å². The lowest BCUT2D eigenvalue weighted by atomic mass is 9.82. The van der Waals surface area contributed by atoms with Gasteiger partial charge >= 0.3 is 5.97 Å². The van der Waals surface area contributed by atoms with E-state index in [0.29, 0.717) is 6.61 Å². The molecule has 1 fully saturated rings. The summed E-state index contributed by atoms with van der Waals surface area (Å²) in [4.78, 5) is 18.4. The molecule has 0 unspecified atom stereocenters. The fraction of sp³-hybridized carbons (Fsp3) is 0.500. The van der Waals surface area contributed by atoms with Crippen molar-refractivity contribution in [1.82, 2.24) is 9.88 Å². The molecular weight excluding hydrogens is 312 g/mol. The maximum Gasteiger partial charge on any atom is 0.310 e. The summed E-state index contributed by atoms with van der Waals surface area (Å²) >= 11 is 6.18. The highest BCUT2D eigenvalue weighted by Crippen LogP contribution is 2.43. The molecule has 0 bridgehead atoms. The van der Waals surface area contributed by atoms with Gasteiger partial charge < -0.3 is 9.72 Å². The summed E-state index contributed by atoms with van der Waals surface area (Å²) in [5.74, 6) is -0.141. The number of nitrogens with zero attached hydrogens (tertiary/aromatic N) is 1. The monoisotopic (exact) mass is 332 g/mol. The molecule has 122 valence electrons. The highest BCUT2D eigenvalue weighted by Gasteiger charge is 2.42. The third kappa shape index (κ3) is 2.45. The van der Waals surface area contributed by atoms with E-state index in [1.165, 1.54) is 16.6 Å². The van der Waals surface area contributed by atoms with Crippen LogP contribution in [0.2, 0.25) is 5.02 Å². The Labute approximate surface area is 140 Å². The topological polar surface area (TPSA) is 45.3 Å². The lowest BCUT2D eigenvalue weighted by Crippen LogP contribution is -2.46. The van der Waals surface area contributed by atoms with Crippen molar-refractivity contribution in [1.29, 1.82) is 0 Å². The fourth-order valence-electron chi connectivity index (χ4n) is 4.21. The van der Waals surface area contributed by atoms with E-state index in [4.69, 9.17) is 16.3 Å². The lowest BCUT2D eigenvalue weighted by Gasteiger charge is -2.43. The number of piperidine rings is 1. The smallest absolute Gasteiger partial charge is 0.310 e. The summed E-state index contributed by atoms with van der Waals surface area (Å²) in [6.45, 7) is 4.36. The van der Waals surface area contributed by atoms with Gasteiger partial charge in [-0.3, -0.25) is 9.69 Å². The average molecular weight is 333 g/mol. The van der Waals surface area contributed by atoms with Gasteiger partial charge in [0.1, 0.15) is 0 Å². The standard InChI is InChI=1S/C18H21ClN2O2/c1-2-23-18(22)13-4-3-8-21-9-7-12-14-10-11(19)5-6-15(14)20-16(12)17(13)21/h5-6,10,13,17,20H,2-4,7-9H2,1H3/t13-,17-/m1/s1. The molecule has 5 heteroatoms. The van der Waals surface area contributed by atoms with Crippen molar-refractivity contribution in [2.24, 2.45) is 5.92 Å². The Bertz CT molecular complexity index is 755. The number of ether oxygens (including phenoxy) is 1. The van der Waals surface area contributed by atoms with Crippen LogP contribution in [0, 0.1) is 5.92 Å². The Balaban J connectivity index is 1.80. The van der Waals surface area contributed by atoms with Gasteiger partial charge in [-0.15, -0.1) is 0 Å². The Kier molecular flexibility index (Phi) is 3.82. The molecule has 0 spiro atoms. The highest BCUT2D eigenvalue weighted by molar-refractivity contribution is 6.31. The molecule has 2 atom stereocenters. The van der Waals surface area contributed by atoms with E-state index >= 15 is 0 Å². The van der Waals surface area contributed by atoms with Gasteiger partial charge in [0.05, 0.1) is 18.6 Å². The van der Waals surface area contributed by atoms with Gasteiger partial charge in [0.2, 0.25) is 0 Å². The summed E-state index contributed by atoms with van der Waals surface area (Å²) in [6, 6.07) is 6.08. The molecule has 23 heavy (non-hydrogen) atoms. The quantitative estimate of drug-likeness (QED) is 0.853. The van der Waals surface area contributed by atoms with Crippen LogP contribution in [0.4, 0.5) is 0 Å². The van der Waals surface area contributed by atoms with Gasteiger partial charge in [-0.05, 0) is 56.5 Å². The maximum absolute atomic E-state index is 12.4. The van der Waals surface area contributed by atoms with E-state index in [1.54, 1.807) is 0 Å². The number of halogens is 1. The Hall–Kier alpha value is -1.52. The van der Waals surface area contributed by atoms with Crippen LogP contribution >= 0.6 is 11.6 Å². The van der Waals surface area contributed by atoms with Gasteiger partial charge in [-0.25, -0.2) is 0 Å². The minimum absolute atomic E-state index is 0.0632. The van der Waals surface area contributed by atoms with Gasteiger partial charge in [0.25, 0.3) is 0 Å². The first-order chi connectivity index (χ1) is 11.2. The lowest BCUT2D eigenvalue weighted by molar-refractivity contribution is -0.153. The molecule has 1 aromatic heterocycles. The number of carbonyl (C=O) groups is 1. The zero-order chi connectivity index (χ0) is 16.0. The van der Waals surface area contributed by atoms with Crippen LogP contribution in [0.5, 0.6) is 0 Å². The molecule has 0 amide bonds. The number of aromatic amines is 1. The van der Waals surface area contributed by atoms with Crippen LogP contribution in [0.3, 0.4) is 0 Å². The molecule has 2 aromatic rings. The number of aromatic nitrogens is 1. The maximum atomic E-state index is 12.4. The Morgan fingerprint density at radius 1 is 1.43 bits per heavy atom. The van der Waals surface area contributed by atoms with E-state index in [-0.39, 0.29) is 17.9 Å². The van der Waals surface area contributed by atoms with Crippen LogP contribution in [0.15, 0.2) is 18.2 Å². The summed E-state index contributed by atoms with van der Waals surface area (Å²) in [5, 5.41) is 1.95. The van der Waals surface area contributed by atoms with Crippen molar-refractivity contribution in [3.05, 3.63) is 34.5 Å².